The Balaban J connectivity index is 1.96. The van der Waals surface area contributed by atoms with Gasteiger partial charge in [0.25, 0.3) is 0 Å². The second-order valence-electron chi connectivity index (χ2n) is 6.85. The van der Waals surface area contributed by atoms with Crippen LogP contribution in [0.4, 0.5) is 14.9 Å². The molecule has 1 aliphatic heterocycles. The standard InChI is InChI=1S/C18H24FN3O4/c1-11(2)9-20-18(26)22-7-3-4-13(10-22)16(23)21-15-6-5-12(17(24)25)8-14(15)19/h5-6,8,11,13H,3-4,7,9-10H2,1-2H3,(H,20,26)(H,21,23)(H,24,25). The molecule has 1 saturated heterocycles. The molecule has 0 saturated carbocycles. The molecule has 8 heteroatoms. The fourth-order valence-electron chi connectivity index (χ4n) is 2.76. The highest BCUT2D eigenvalue weighted by Gasteiger charge is 2.29. The van der Waals surface area contributed by atoms with Gasteiger partial charge in [-0.2, -0.15) is 0 Å². The number of aromatic carboxylic acids is 1. The SMILES string of the molecule is CC(C)CNC(=O)N1CCCC(C(=O)Nc2ccc(C(=O)O)cc2F)C1. The molecular weight excluding hydrogens is 341 g/mol. The Bertz CT molecular complexity index is 693. The minimum absolute atomic E-state index is 0.0682. The van der Waals surface area contributed by atoms with Crippen LogP contribution in [0.1, 0.15) is 37.0 Å². The van der Waals surface area contributed by atoms with Crippen molar-refractivity contribution in [3.8, 4) is 0 Å². The zero-order chi connectivity index (χ0) is 19.3. The van der Waals surface area contributed by atoms with Crippen LogP contribution in [0.15, 0.2) is 18.2 Å². The fraction of sp³-hybridized carbons (Fsp3) is 0.500. The van der Waals surface area contributed by atoms with Gasteiger partial charge >= 0.3 is 12.0 Å². The number of likely N-dealkylation sites (tertiary alicyclic amines) is 1. The third kappa shape index (κ3) is 5.18. The Labute approximate surface area is 151 Å². The Morgan fingerprint density at radius 3 is 2.69 bits per heavy atom. The molecule has 0 bridgehead atoms. The van der Waals surface area contributed by atoms with Crippen molar-refractivity contribution >= 4 is 23.6 Å². The van der Waals surface area contributed by atoms with Crippen molar-refractivity contribution in [1.82, 2.24) is 10.2 Å². The summed E-state index contributed by atoms with van der Waals surface area (Å²) in [6.07, 6.45) is 1.29. The van der Waals surface area contributed by atoms with Gasteiger partial charge in [-0.15, -0.1) is 0 Å². The van der Waals surface area contributed by atoms with E-state index >= 15 is 0 Å². The van der Waals surface area contributed by atoms with Gasteiger partial charge in [-0.05, 0) is 37.0 Å². The molecule has 1 fully saturated rings. The average molecular weight is 365 g/mol. The van der Waals surface area contributed by atoms with Gasteiger partial charge in [0.15, 0.2) is 0 Å². The third-order valence-electron chi connectivity index (χ3n) is 4.21. The van der Waals surface area contributed by atoms with E-state index in [9.17, 15) is 18.8 Å². The van der Waals surface area contributed by atoms with Crippen LogP contribution in [0.25, 0.3) is 0 Å². The molecule has 0 aromatic heterocycles. The predicted molar refractivity (Wildman–Crippen MR) is 94.5 cm³/mol. The highest BCUT2D eigenvalue weighted by molar-refractivity contribution is 5.94. The quantitative estimate of drug-likeness (QED) is 0.747. The highest BCUT2D eigenvalue weighted by atomic mass is 19.1. The molecule has 1 aromatic rings. The van der Waals surface area contributed by atoms with Gasteiger partial charge in [0.1, 0.15) is 5.82 Å². The van der Waals surface area contributed by atoms with Crippen LogP contribution in [0.3, 0.4) is 0 Å². The summed E-state index contributed by atoms with van der Waals surface area (Å²) in [5.74, 6) is -2.53. The number of amides is 3. The Hall–Kier alpha value is -2.64. The topological polar surface area (TPSA) is 98.7 Å². The molecule has 26 heavy (non-hydrogen) atoms. The number of carboxylic acid groups (broad SMARTS) is 1. The van der Waals surface area contributed by atoms with Crippen molar-refractivity contribution in [2.45, 2.75) is 26.7 Å². The number of nitrogens with zero attached hydrogens (tertiary/aromatic N) is 1. The lowest BCUT2D eigenvalue weighted by atomic mass is 9.97. The van der Waals surface area contributed by atoms with Crippen LogP contribution in [0.2, 0.25) is 0 Å². The molecule has 142 valence electrons. The van der Waals surface area contributed by atoms with E-state index in [1.165, 1.54) is 12.1 Å². The van der Waals surface area contributed by atoms with E-state index < -0.39 is 17.7 Å². The van der Waals surface area contributed by atoms with E-state index in [1.807, 2.05) is 13.8 Å². The monoisotopic (exact) mass is 365 g/mol. The number of carboxylic acids is 1. The van der Waals surface area contributed by atoms with E-state index in [1.54, 1.807) is 4.90 Å². The molecule has 7 nitrogen and oxygen atoms in total. The first-order valence-corrected chi connectivity index (χ1v) is 8.64. The molecule has 3 N–H and O–H groups in total. The van der Waals surface area contributed by atoms with E-state index in [2.05, 4.69) is 10.6 Å². The lowest BCUT2D eigenvalue weighted by molar-refractivity contribution is -0.121. The number of anilines is 1. The van der Waals surface area contributed by atoms with E-state index in [4.69, 9.17) is 5.11 Å². The number of halogens is 1. The second kappa shape index (κ2) is 8.64. The molecule has 1 aliphatic rings. The first kappa shape index (κ1) is 19.7. The van der Waals surface area contributed by atoms with Crippen molar-refractivity contribution in [2.24, 2.45) is 11.8 Å². The molecule has 0 spiro atoms. The van der Waals surface area contributed by atoms with Gasteiger partial charge in [-0.3, -0.25) is 4.79 Å². The lowest BCUT2D eigenvalue weighted by Gasteiger charge is -2.32. The number of urea groups is 1. The van der Waals surface area contributed by atoms with Crippen molar-refractivity contribution in [3.05, 3.63) is 29.6 Å². The van der Waals surface area contributed by atoms with Crippen molar-refractivity contribution < 1.29 is 23.9 Å². The van der Waals surface area contributed by atoms with Crippen LogP contribution in [-0.2, 0) is 4.79 Å². The summed E-state index contributed by atoms with van der Waals surface area (Å²) in [5.41, 5.74) is -0.257. The number of piperidine rings is 1. The van der Waals surface area contributed by atoms with Crippen LogP contribution in [-0.4, -0.2) is 47.5 Å². The Morgan fingerprint density at radius 2 is 2.08 bits per heavy atom. The average Bonchev–Trinajstić information content (AvgIpc) is 2.61. The first-order valence-electron chi connectivity index (χ1n) is 8.64. The van der Waals surface area contributed by atoms with Crippen molar-refractivity contribution in [2.75, 3.05) is 25.0 Å². The summed E-state index contributed by atoms with van der Waals surface area (Å²) >= 11 is 0. The summed E-state index contributed by atoms with van der Waals surface area (Å²) in [6.45, 7) is 5.40. The van der Waals surface area contributed by atoms with Gasteiger partial charge in [0.05, 0.1) is 17.2 Å². The number of carbonyl (C=O) groups is 3. The molecule has 0 radical (unpaired) electrons. The van der Waals surface area contributed by atoms with Crippen LogP contribution >= 0.6 is 0 Å². The third-order valence-corrected chi connectivity index (χ3v) is 4.21. The highest BCUT2D eigenvalue weighted by Crippen LogP contribution is 2.21. The second-order valence-corrected chi connectivity index (χ2v) is 6.85. The number of carbonyl (C=O) groups excluding carboxylic acids is 2. The molecule has 1 unspecified atom stereocenters. The van der Waals surface area contributed by atoms with Gasteiger partial charge in [-0.25, -0.2) is 14.0 Å². The summed E-state index contributed by atoms with van der Waals surface area (Å²) < 4.78 is 14.0. The van der Waals surface area contributed by atoms with Crippen molar-refractivity contribution in [3.63, 3.8) is 0 Å². The number of hydrogen-bond donors (Lipinski definition) is 3. The predicted octanol–water partition coefficient (Wildman–Crippen LogP) is 2.54. The van der Waals surface area contributed by atoms with Gasteiger partial charge in [0, 0.05) is 19.6 Å². The summed E-state index contributed by atoms with van der Waals surface area (Å²) in [5, 5.41) is 14.2. The number of rotatable bonds is 5. The Kier molecular flexibility index (Phi) is 6.54. The number of hydrogen-bond acceptors (Lipinski definition) is 3. The summed E-state index contributed by atoms with van der Waals surface area (Å²) in [7, 11) is 0. The lowest BCUT2D eigenvalue weighted by Crippen LogP contribution is -2.48. The molecule has 1 atom stereocenters. The maximum Gasteiger partial charge on any atom is 0.335 e. The van der Waals surface area contributed by atoms with E-state index in [0.717, 1.165) is 6.07 Å². The van der Waals surface area contributed by atoms with Gasteiger partial charge in [0.2, 0.25) is 5.91 Å². The fourth-order valence-corrected chi connectivity index (χ4v) is 2.76. The maximum absolute atomic E-state index is 14.0. The largest absolute Gasteiger partial charge is 0.478 e. The van der Waals surface area contributed by atoms with Crippen LogP contribution < -0.4 is 10.6 Å². The number of nitrogens with one attached hydrogen (secondary N) is 2. The molecular formula is C18H24FN3O4. The number of benzene rings is 1. The minimum atomic E-state index is -1.24. The molecule has 2 rings (SSSR count). The molecule has 3 amide bonds. The normalized spacial score (nSPS) is 17.1. The van der Waals surface area contributed by atoms with Crippen LogP contribution in [0.5, 0.6) is 0 Å². The van der Waals surface area contributed by atoms with Gasteiger partial charge in [-0.1, -0.05) is 13.8 Å². The summed E-state index contributed by atoms with van der Waals surface area (Å²) in [6, 6.07) is 3.12. The molecule has 1 heterocycles. The minimum Gasteiger partial charge on any atom is -0.478 e. The van der Waals surface area contributed by atoms with Crippen molar-refractivity contribution in [1.29, 1.82) is 0 Å². The summed E-state index contributed by atoms with van der Waals surface area (Å²) in [4.78, 5) is 37.0. The zero-order valence-corrected chi connectivity index (χ0v) is 14.9. The smallest absolute Gasteiger partial charge is 0.335 e. The maximum atomic E-state index is 14.0. The first-order chi connectivity index (χ1) is 12.3. The van der Waals surface area contributed by atoms with Gasteiger partial charge < -0.3 is 20.6 Å². The van der Waals surface area contributed by atoms with Crippen LogP contribution in [0, 0.1) is 17.7 Å². The molecule has 0 aliphatic carbocycles. The van der Waals surface area contributed by atoms with E-state index in [0.29, 0.717) is 31.8 Å². The Morgan fingerprint density at radius 1 is 1.35 bits per heavy atom. The molecule has 1 aromatic carbocycles. The zero-order valence-electron chi connectivity index (χ0n) is 14.9. The van der Waals surface area contributed by atoms with E-state index in [-0.39, 0.29) is 29.7 Å².